The van der Waals surface area contributed by atoms with Crippen molar-refractivity contribution in [2.45, 2.75) is 39.2 Å². The van der Waals surface area contributed by atoms with Crippen molar-refractivity contribution in [2.75, 3.05) is 13.1 Å². The minimum atomic E-state index is -0.000331. The topological polar surface area (TPSA) is 75.4 Å². The second kappa shape index (κ2) is 8.69. The Labute approximate surface area is 176 Å². The Morgan fingerprint density at radius 2 is 1.87 bits per heavy atom. The number of fused-ring (bicyclic) bond motifs is 1. The fourth-order valence-electron chi connectivity index (χ4n) is 3.93. The van der Waals surface area contributed by atoms with Crippen LogP contribution in [-0.2, 0) is 4.79 Å². The van der Waals surface area contributed by atoms with Crippen molar-refractivity contribution in [3.05, 3.63) is 54.1 Å². The number of aromatic nitrogens is 1. The molecule has 0 spiro atoms. The van der Waals surface area contributed by atoms with Gasteiger partial charge >= 0.3 is 0 Å². The van der Waals surface area contributed by atoms with Gasteiger partial charge in [0.15, 0.2) is 5.58 Å². The smallest absolute Gasteiger partial charge is 0.253 e. The number of piperidine rings is 1. The molecular weight excluding hydrogens is 378 g/mol. The molecule has 1 aliphatic rings. The van der Waals surface area contributed by atoms with Crippen LogP contribution in [0.4, 0.5) is 0 Å². The van der Waals surface area contributed by atoms with E-state index in [9.17, 15) is 9.59 Å². The van der Waals surface area contributed by atoms with Gasteiger partial charge < -0.3 is 14.6 Å². The highest BCUT2D eigenvalue weighted by atomic mass is 16.3. The standard InChI is InChI=1S/C24H27N3O3/c1-16(2)25-22(28)14-17-10-12-27(13-11-17)24(29)19-8-9-20-21(15-19)30-23(26-20)18-6-4-3-5-7-18/h3-9,15-17H,10-14H2,1-2H3,(H,25,28). The minimum Gasteiger partial charge on any atom is -0.436 e. The summed E-state index contributed by atoms with van der Waals surface area (Å²) in [6.45, 7) is 5.27. The first-order valence-corrected chi connectivity index (χ1v) is 10.5. The SMILES string of the molecule is CC(C)NC(=O)CC1CCN(C(=O)c2ccc3nc(-c4ccccc4)oc3c2)CC1. The summed E-state index contributed by atoms with van der Waals surface area (Å²) in [6, 6.07) is 15.3. The quantitative estimate of drug-likeness (QED) is 0.688. The van der Waals surface area contributed by atoms with E-state index < -0.39 is 0 Å². The Bertz CT molecular complexity index is 1030. The maximum absolute atomic E-state index is 13.0. The molecule has 3 aromatic rings. The van der Waals surface area contributed by atoms with Crippen molar-refractivity contribution in [2.24, 2.45) is 5.92 Å². The summed E-state index contributed by atoms with van der Waals surface area (Å²) in [7, 11) is 0. The molecule has 1 saturated heterocycles. The van der Waals surface area contributed by atoms with Crippen molar-refractivity contribution in [3.8, 4) is 11.5 Å². The molecule has 0 saturated carbocycles. The Hall–Kier alpha value is -3.15. The van der Waals surface area contributed by atoms with E-state index in [1.807, 2.05) is 61.2 Å². The number of nitrogens with one attached hydrogen (secondary N) is 1. The summed E-state index contributed by atoms with van der Waals surface area (Å²) in [5.41, 5.74) is 2.86. The monoisotopic (exact) mass is 405 g/mol. The van der Waals surface area contributed by atoms with E-state index in [2.05, 4.69) is 10.3 Å². The highest BCUT2D eigenvalue weighted by Gasteiger charge is 2.25. The minimum absolute atomic E-state index is 0.000331. The van der Waals surface area contributed by atoms with Gasteiger partial charge in [0.05, 0.1) is 0 Å². The van der Waals surface area contributed by atoms with E-state index >= 15 is 0 Å². The van der Waals surface area contributed by atoms with Gasteiger partial charge in [-0.2, -0.15) is 0 Å². The van der Waals surface area contributed by atoms with Crippen LogP contribution in [0.15, 0.2) is 52.9 Å². The molecule has 156 valence electrons. The average Bonchev–Trinajstić information content (AvgIpc) is 3.17. The molecular formula is C24H27N3O3. The van der Waals surface area contributed by atoms with Gasteiger partial charge in [0.25, 0.3) is 5.91 Å². The fraction of sp³-hybridized carbons (Fsp3) is 0.375. The van der Waals surface area contributed by atoms with Crippen molar-refractivity contribution >= 4 is 22.9 Å². The molecule has 1 N–H and O–H groups in total. The van der Waals surface area contributed by atoms with Gasteiger partial charge in [-0.3, -0.25) is 9.59 Å². The largest absolute Gasteiger partial charge is 0.436 e. The van der Waals surface area contributed by atoms with Crippen LogP contribution in [0, 0.1) is 5.92 Å². The number of nitrogens with zero attached hydrogens (tertiary/aromatic N) is 2. The maximum atomic E-state index is 13.0. The third kappa shape index (κ3) is 4.53. The molecule has 2 amide bonds. The molecule has 6 nitrogen and oxygen atoms in total. The number of oxazole rings is 1. The molecule has 0 aliphatic carbocycles. The summed E-state index contributed by atoms with van der Waals surface area (Å²) < 4.78 is 5.90. The third-order valence-corrected chi connectivity index (χ3v) is 5.48. The number of carbonyl (C=O) groups is 2. The first kappa shape index (κ1) is 20.1. The van der Waals surface area contributed by atoms with Crippen LogP contribution in [0.1, 0.15) is 43.5 Å². The molecule has 1 aliphatic heterocycles. The Kier molecular flexibility index (Phi) is 5.84. The van der Waals surface area contributed by atoms with Crippen molar-refractivity contribution in [1.29, 1.82) is 0 Å². The average molecular weight is 405 g/mol. The number of rotatable bonds is 5. The number of likely N-dealkylation sites (tertiary alicyclic amines) is 1. The first-order chi connectivity index (χ1) is 14.5. The lowest BCUT2D eigenvalue weighted by molar-refractivity contribution is -0.122. The van der Waals surface area contributed by atoms with E-state index in [0.717, 1.165) is 23.9 Å². The number of hydrogen-bond acceptors (Lipinski definition) is 4. The predicted molar refractivity (Wildman–Crippen MR) is 116 cm³/mol. The molecule has 1 fully saturated rings. The number of carbonyl (C=O) groups excluding carboxylic acids is 2. The van der Waals surface area contributed by atoms with Crippen LogP contribution in [0.3, 0.4) is 0 Å². The molecule has 2 aromatic carbocycles. The Morgan fingerprint density at radius 1 is 1.13 bits per heavy atom. The van der Waals surface area contributed by atoms with Gasteiger partial charge in [0, 0.05) is 36.7 Å². The van der Waals surface area contributed by atoms with Gasteiger partial charge in [0.2, 0.25) is 11.8 Å². The third-order valence-electron chi connectivity index (χ3n) is 5.48. The van der Waals surface area contributed by atoms with E-state index in [-0.39, 0.29) is 17.9 Å². The van der Waals surface area contributed by atoms with E-state index in [1.54, 1.807) is 6.07 Å². The summed E-state index contributed by atoms with van der Waals surface area (Å²) in [4.78, 5) is 31.4. The van der Waals surface area contributed by atoms with Crippen LogP contribution in [-0.4, -0.2) is 40.8 Å². The predicted octanol–water partition coefficient (Wildman–Crippen LogP) is 4.26. The van der Waals surface area contributed by atoms with Crippen molar-refractivity contribution in [3.63, 3.8) is 0 Å². The Balaban J connectivity index is 1.41. The van der Waals surface area contributed by atoms with Gasteiger partial charge in [0.1, 0.15) is 5.52 Å². The van der Waals surface area contributed by atoms with E-state index in [1.165, 1.54) is 0 Å². The molecule has 1 aromatic heterocycles. The number of benzene rings is 2. The molecule has 30 heavy (non-hydrogen) atoms. The van der Waals surface area contributed by atoms with Crippen LogP contribution < -0.4 is 5.32 Å². The number of amides is 2. The van der Waals surface area contributed by atoms with Gasteiger partial charge in [-0.25, -0.2) is 4.98 Å². The lowest BCUT2D eigenvalue weighted by atomic mass is 9.92. The van der Waals surface area contributed by atoms with Crippen LogP contribution in [0.25, 0.3) is 22.6 Å². The number of hydrogen-bond donors (Lipinski definition) is 1. The summed E-state index contributed by atoms with van der Waals surface area (Å²) in [5, 5.41) is 2.94. The molecule has 0 bridgehead atoms. The van der Waals surface area contributed by atoms with Gasteiger partial charge in [-0.05, 0) is 62.9 Å². The van der Waals surface area contributed by atoms with Crippen LogP contribution >= 0.6 is 0 Å². The molecule has 0 unspecified atom stereocenters. The molecule has 4 rings (SSSR count). The maximum Gasteiger partial charge on any atom is 0.253 e. The normalized spacial score (nSPS) is 15.0. The lowest BCUT2D eigenvalue weighted by Gasteiger charge is -2.32. The van der Waals surface area contributed by atoms with E-state index in [4.69, 9.17) is 4.42 Å². The summed E-state index contributed by atoms with van der Waals surface area (Å²) >= 11 is 0. The zero-order chi connectivity index (χ0) is 21.1. The molecule has 0 radical (unpaired) electrons. The van der Waals surface area contributed by atoms with Crippen LogP contribution in [0.5, 0.6) is 0 Å². The van der Waals surface area contributed by atoms with Gasteiger partial charge in [-0.1, -0.05) is 18.2 Å². The zero-order valence-corrected chi connectivity index (χ0v) is 17.4. The second-order valence-electron chi connectivity index (χ2n) is 8.23. The van der Waals surface area contributed by atoms with E-state index in [0.29, 0.717) is 42.5 Å². The lowest BCUT2D eigenvalue weighted by Crippen LogP contribution is -2.40. The zero-order valence-electron chi connectivity index (χ0n) is 17.4. The van der Waals surface area contributed by atoms with Gasteiger partial charge in [-0.15, -0.1) is 0 Å². The Morgan fingerprint density at radius 3 is 2.57 bits per heavy atom. The summed E-state index contributed by atoms with van der Waals surface area (Å²) in [6.07, 6.45) is 2.23. The highest BCUT2D eigenvalue weighted by molar-refractivity contribution is 5.97. The van der Waals surface area contributed by atoms with Crippen LogP contribution in [0.2, 0.25) is 0 Å². The second-order valence-corrected chi connectivity index (χ2v) is 8.23. The van der Waals surface area contributed by atoms with Crippen molar-refractivity contribution < 1.29 is 14.0 Å². The fourth-order valence-corrected chi connectivity index (χ4v) is 3.93. The van der Waals surface area contributed by atoms with Crippen molar-refractivity contribution in [1.82, 2.24) is 15.2 Å². The molecule has 6 heteroatoms. The highest BCUT2D eigenvalue weighted by Crippen LogP contribution is 2.26. The first-order valence-electron chi connectivity index (χ1n) is 10.5. The molecule has 0 atom stereocenters. The summed E-state index contributed by atoms with van der Waals surface area (Å²) in [5.74, 6) is 0.980. The molecule has 2 heterocycles.